The van der Waals surface area contributed by atoms with Gasteiger partial charge < -0.3 is 10.6 Å². The predicted molar refractivity (Wildman–Crippen MR) is 69.8 cm³/mol. The van der Waals surface area contributed by atoms with Gasteiger partial charge in [0.2, 0.25) is 0 Å². The van der Waals surface area contributed by atoms with Crippen LogP contribution in [0.5, 0.6) is 0 Å². The topological polar surface area (TPSA) is 53.1 Å². The van der Waals surface area contributed by atoms with Gasteiger partial charge in [-0.25, -0.2) is 0 Å². The SMILES string of the molecule is CC(C)C1CCCN(CCCC(=N)N)CC1. The molecule has 94 valence electrons. The van der Waals surface area contributed by atoms with Gasteiger partial charge in [-0.3, -0.25) is 5.41 Å². The van der Waals surface area contributed by atoms with E-state index in [0.29, 0.717) is 5.84 Å². The van der Waals surface area contributed by atoms with Crippen LogP contribution in [0.25, 0.3) is 0 Å². The van der Waals surface area contributed by atoms with E-state index in [2.05, 4.69) is 18.7 Å². The zero-order valence-electron chi connectivity index (χ0n) is 10.8. The van der Waals surface area contributed by atoms with Gasteiger partial charge in [0.15, 0.2) is 0 Å². The largest absolute Gasteiger partial charge is 0.388 e. The van der Waals surface area contributed by atoms with Crippen LogP contribution in [0.3, 0.4) is 0 Å². The molecule has 0 saturated carbocycles. The maximum absolute atomic E-state index is 7.20. The van der Waals surface area contributed by atoms with E-state index in [1.165, 1.54) is 32.4 Å². The first-order chi connectivity index (χ1) is 7.59. The van der Waals surface area contributed by atoms with E-state index in [-0.39, 0.29) is 0 Å². The standard InChI is InChI=1S/C13H27N3/c1-11(2)12-5-3-8-16(10-7-12)9-4-6-13(14)15/h11-12H,3-10H2,1-2H3,(H3,14,15). The van der Waals surface area contributed by atoms with Crippen molar-refractivity contribution in [1.29, 1.82) is 5.41 Å². The minimum atomic E-state index is 0.329. The van der Waals surface area contributed by atoms with Crippen LogP contribution in [-0.4, -0.2) is 30.4 Å². The van der Waals surface area contributed by atoms with Gasteiger partial charge >= 0.3 is 0 Å². The van der Waals surface area contributed by atoms with Crippen molar-refractivity contribution in [2.24, 2.45) is 17.6 Å². The Bertz CT molecular complexity index is 213. The minimum Gasteiger partial charge on any atom is -0.388 e. The fourth-order valence-corrected chi connectivity index (χ4v) is 2.57. The molecule has 1 aliphatic rings. The Morgan fingerprint density at radius 3 is 2.75 bits per heavy atom. The Hall–Kier alpha value is -0.570. The Morgan fingerprint density at radius 2 is 2.12 bits per heavy atom. The third kappa shape index (κ3) is 4.97. The lowest BCUT2D eigenvalue weighted by atomic mass is 9.89. The second-order valence-electron chi connectivity index (χ2n) is 5.41. The first kappa shape index (κ1) is 13.5. The molecule has 0 bridgehead atoms. The highest BCUT2D eigenvalue weighted by atomic mass is 15.1. The van der Waals surface area contributed by atoms with Crippen molar-refractivity contribution in [3.8, 4) is 0 Å². The molecule has 0 aromatic carbocycles. The quantitative estimate of drug-likeness (QED) is 0.558. The van der Waals surface area contributed by atoms with Crippen molar-refractivity contribution >= 4 is 5.84 Å². The predicted octanol–water partition coefficient (Wildman–Crippen LogP) is 2.46. The molecule has 1 heterocycles. The number of nitrogens with two attached hydrogens (primary N) is 1. The van der Waals surface area contributed by atoms with Gasteiger partial charge in [-0.1, -0.05) is 13.8 Å². The lowest BCUT2D eigenvalue weighted by Gasteiger charge is -2.21. The third-order valence-electron chi connectivity index (χ3n) is 3.73. The molecule has 1 rings (SSSR count). The first-order valence-corrected chi connectivity index (χ1v) is 6.65. The normalized spacial score (nSPS) is 23.3. The van der Waals surface area contributed by atoms with Crippen LogP contribution in [0.15, 0.2) is 0 Å². The van der Waals surface area contributed by atoms with Crippen molar-refractivity contribution < 1.29 is 0 Å². The number of rotatable bonds is 5. The van der Waals surface area contributed by atoms with E-state index in [1.807, 2.05) is 0 Å². The number of nitrogens with zero attached hydrogens (tertiary/aromatic N) is 1. The molecule has 0 aromatic rings. The second kappa shape index (κ2) is 6.89. The van der Waals surface area contributed by atoms with Gasteiger partial charge in [0.25, 0.3) is 0 Å². The minimum absolute atomic E-state index is 0.329. The molecular weight excluding hydrogens is 198 g/mol. The van der Waals surface area contributed by atoms with Gasteiger partial charge in [0, 0.05) is 6.42 Å². The van der Waals surface area contributed by atoms with Crippen molar-refractivity contribution in [1.82, 2.24) is 4.90 Å². The van der Waals surface area contributed by atoms with Gasteiger partial charge in [-0.2, -0.15) is 0 Å². The zero-order valence-corrected chi connectivity index (χ0v) is 10.8. The second-order valence-corrected chi connectivity index (χ2v) is 5.41. The number of likely N-dealkylation sites (tertiary alicyclic amines) is 1. The maximum atomic E-state index is 7.20. The summed E-state index contributed by atoms with van der Waals surface area (Å²) in [6.07, 6.45) is 5.87. The van der Waals surface area contributed by atoms with E-state index in [9.17, 15) is 0 Å². The van der Waals surface area contributed by atoms with Crippen LogP contribution in [0.2, 0.25) is 0 Å². The number of hydrogen-bond acceptors (Lipinski definition) is 2. The van der Waals surface area contributed by atoms with E-state index in [1.54, 1.807) is 0 Å². The van der Waals surface area contributed by atoms with Crippen LogP contribution in [-0.2, 0) is 0 Å². The Balaban J connectivity index is 2.22. The van der Waals surface area contributed by atoms with Crippen LogP contribution in [0.4, 0.5) is 0 Å². The summed E-state index contributed by atoms with van der Waals surface area (Å²) in [7, 11) is 0. The summed E-state index contributed by atoms with van der Waals surface area (Å²) in [5.74, 6) is 2.07. The molecule has 1 aliphatic heterocycles. The number of nitrogens with one attached hydrogen (secondary N) is 1. The van der Waals surface area contributed by atoms with Gasteiger partial charge in [-0.15, -0.1) is 0 Å². The van der Waals surface area contributed by atoms with E-state index >= 15 is 0 Å². The molecule has 0 aromatic heterocycles. The average Bonchev–Trinajstić information content (AvgIpc) is 2.42. The summed E-state index contributed by atoms with van der Waals surface area (Å²) < 4.78 is 0. The summed E-state index contributed by atoms with van der Waals surface area (Å²) >= 11 is 0. The van der Waals surface area contributed by atoms with Gasteiger partial charge in [0.05, 0.1) is 5.84 Å². The van der Waals surface area contributed by atoms with Gasteiger partial charge in [-0.05, 0) is 57.2 Å². The smallest absolute Gasteiger partial charge is 0.0905 e. The summed E-state index contributed by atoms with van der Waals surface area (Å²) in [6, 6.07) is 0. The molecule has 1 saturated heterocycles. The monoisotopic (exact) mass is 225 g/mol. The number of amidine groups is 1. The van der Waals surface area contributed by atoms with Crippen LogP contribution < -0.4 is 5.73 Å². The van der Waals surface area contributed by atoms with Crippen molar-refractivity contribution in [2.45, 2.75) is 46.0 Å². The molecule has 0 aliphatic carbocycles. The van der Waals surface area contributed by atoms with E-state index in [0.717, 1.165) is 31.2 Å². The highest BCUT2D eigenvalue weighted by Gasteiger charge is 2.18. The molecule has 0 radical (unpaired) electrons. The van der Waals surface area contributed by atoms with Crippen LogP contribution in [0, 0.1) is 17.2 Å². The molecular formula is C13H27N3. The van der Waals surface area contributed by atoms with Crippen molar-refractivity contribution in [2.75, 3.05) is 19.6 Å². The highest BCUT2D eigenvalue weighted by molar-refractivity contribution is 5.76. The Kier molecular flexibility index (Phi) is 5.81. The van der Waals surface area contributed by atoms with E-state index < -0.39 is 0 Å². The van der Waals surface area contributed by atoms with Gasteiger partial charge in [0.1, 0.15) is 0 Å². The van der Waals surface area contributed by atoms with Crippen LogP contribution >= 0.6 is 0 Å². The lowest BCUT2D eigenvalue weighted by Crippen LogP contribution is -2.27. The summed E-state index contributed by atoms with van der Waals surface area (Å²) in [6.45, 7) is 8.28. The number of hydrogen-bond donors (Lipinski definition) is 2. The Morgan fingerprint density at radius 1 is 1.38 bits per heavy atom. The molecule has 0 amide bonds. The fourth-order valence-electron chi connectivity index (χ4n) is 2.57. The molecule has 1 atom stereocenters. The summed E-state index contributed by atoms with van der Waals surface area (Å²) in [5, 5.41) is 7.20. The molecule has 16 heavy (non-hydrogen) atoms. The highest BCUT2D eigenvalue weighted by Crippen LogP contribution is 2.24. The third-order valence-corrected chi connectivity index (χ3v) is 3.73. The first-order valence-electron chi connectivity index (χ1n) is 6.65. The lowest BCUT2D eigenvalue weighted by molar-refractivity contribution is 0.270. The molecule has 3 nitrogen and oxygen atoms in total. The summed E-state index contributed by atoms with van der Waals surface area (Å²) in [4.78, 5) is 2.55. The maximum Gasteiger partial charge on any atom is 0.0905 e. The van der Waals surface area contributed by atoms with E-state index in [4.69, 9.17) is 11.1 Å². The average molecular weight is 225 g/mol. The van der Waals surface area contributed by atoms with Crippen molar-refractivity contribution in [3.05, 3.63) is 0 Å². The van der Waals surface area contributed by atoms with Crippen molar-refractivity contribution in [3.63, 3.8) is 0 Å². The fraction of sp³-hybridized carbons (Fsp3) is 0.923. The van der Waals surface area contributed by atoms with Crippen LogP contribution in [0.1, 0.15) is 46.0 Å². The molecule has 1 unspecified atom stereocenters. The molecule has 1 fully saturated rings. The summed E-state index contributed by atoms with van der Waals surface area (Å²) in [5.41, 5.74) is 5.37. The Labute approximate surface area is 99.9 Å². The molecule has 3 heteroatoms. The zero-order chi connectivity index (χ0) is 12.0. The molecule has 0 spiro atoms. The molecule has 3 N–H and O–H groups in total.